The summed E-state index contributed by atoms with van der Waals surface area (Å²) in [6, 6.07) is 10.1. The molecule has 2 amide bonds. The van der Waals surface area contributed by atoms with Crippen LogP contribution in [0.4, 0.5) is 0 Å². The Morgan fingerprint density at radius 1 is 1.14 bits per heavy atom. The lowest BCUT2D eigenvalue weighted by Gasteiger charge is -2.39. The summed E-state index contributed by atoms with van der Waals surface area (Å²) in [6.07, 6.45) is 5.68. The third kappa shape index (κ3) is 3.01. The summed E-state index contributed by atoms with van der Waals surface area (Å²) in [4.78, 5) is 26.6. The summed E-state index contributed by atoms with van der Waals surface area (Å²) in [6.45, 7) is 0. The normalized spacial score (nSPS) is 26.2. The molecule has 1 saturated carbocycles. The maximum absolute atomic E-state index is 12.7. The monoisotopic (exact) mass is 300 g/mol. The molecule has 1 N–H and O–H groups in total. The van der Waals surface area contributed by atoms with Crippen molar-refractivity contribution in [1.82, 2.24) is 10.2 Å². The molecule has 2 fully saturated rings. The van der Waals surface area contributed by atoms with Crippen molar-refractivity contribution in [2.24, 2.45) is 5.92 Å². The topological polar surface area (TPSA) is 49.4 Å². The molecule has 0 radical (unpaired) electrons. The number of piperidine rings is 1. The zero-order valence-corrected chi connectivity index (χ0v) is 13.1. The van der Waals surface area contributed by atoms with Gasteiger partial charge in [0, 0.05) is 19.5 Å². The fourth-order valence-electron chi connectivity index (χ4n) is 3.80. The summed E-state index contributed by atoms with van der Waals surface area (Å²) in [5.74, 6) is 0.0876. The van der Waals surface area contributed by atoms with Gasteiger partial charge >= 0.3 is 0 Å². The molecule has 0 bridgehead atoms. The van der Waals surface area contributed by atoms with Gasteiger partial charge in [-0.1, -0.05) is 43.2 Å². The van der Waals surface area contributed by atoms with E-state index in [1.807, 2.05) is 37.4 Å². The molecule has 1 aromatic carbocycles. The van der Waals surface area contributed by atoms with Crippen molar-refractivity contribution in [3.63, 3.8) is 0 Å². The van der Waals surface area contributed by atoms with Crippen molar-refractivity contribution in [1.29, 1.82) is 0 Å². The van der Waals surface area contributed by atoms with Gasteiger partial charge in [0.1, 0.15) is 0 Å². The van der Waals surface area contributed by atoms with Gasteiger partial charge in [0.15, 0.2) is 0 Å². The van der Waals surface area contributed by atoms with Gasteiger partial charge in [0.2, 0.25) is 11.8 Å². The van der Waals surface area contributed by atoms with Gasteiger partial charge in [0.25, 0.3) is 0 Å². The fraction of sp³-hybridized carbons (Fsp3) is 0.556. The molecule has 2 aliphatic rings. The van der Waals surface area contributed by atoms with Crippen molar-refractivity contribution in [2.75, 3.05) is 7.05 Å². The molecule has 4 nitrogen and oxygen atoms in total. The number of rotatable bonds is 3. The summed E-state index contributed by atoms with van der Waals surface area (Å²) in [7, 11) is 1.81. The van der Waals surface area contributed by atoms with Gasteiger partial charge in [-0.25, -0.2) is 0 Å². The average molecular weight is 300 g/mol. The molecule has 1 aliphatic carbocycles. The minimum absolute atomic E-state index is 0.111. The van der Waals surface area contributed by atoms with Crippen molar-refractivity contribution in [3.8, 4) is 0 Å². The Hall–Kier alpha value is -1.84. The first-order chi connectivity index (χ1) is 10.7. The molecular formula is C18H24N2O2. The Morgan fingerprint density at radius 2 is 1.82 bits per heavy atom. The fourth-order valence-corrected chi connectivity index (χ4v) is 3.80. The second-order valence-corrected chi connectivity index (χ2v) is 6.50. The summed E-state index contributed by atoms with van der Waals surface area (Å²) in [5, 5.41) is 3.21. The molecular weight excluding hydrogens is 276 g/mol. The van der Waals surface area contributed by atoms with Crippen LogP contribution < -0.4 is 5.32 Å². The van der Waals surface area contributed by atoms with E-state index in [0.717, 1.165) is 18.4 Å². The second kappa shape index (κ2) is 6.51. The molecule has 3 rings (SSSR count). The molecule has 118 valence electrons. The third-order valence-electron chi connectivity index (χ3n) is 5.04. The lowest BCUT2D eigenvalue weighted by molar-refractivity contribution is -0.141. The Labute approximate surface area is 131 Å². The molecule has 1 aromatic rings. The molecule has 22 heavy (non-hydrogen) atoms. The molecule has 1 saturated heterocycles. The van der Waals surface area contributed by atoms with E-state index < -0.39 is 0 Å². The Kier molecular flexibility index (Phi) is 4.46. The highest BCUT2D eigenvalue weighted by atomic mass is 16.2. The van der Waals surface area contributed by atoms with Gasteiger partial charge in [-0.2, -0.15) is 0 Å². The van der Waals surface area contributed by atoms with Crippen LogP contribution in [0.2, 0.25) is 0 Å². The number of benzene rings is 1. The Balaban J connectivity index is 1.80. The van der Waals surface area contributed by atoms with E-state index in [1.54, 1.807) is 4.90 Å². The van der Waals surface area contributed by atoms with Crippen LogP contribution >= 0.6 is 0 Å². The summed E-state index contributed by atoms with van der Waals surface area (Å²) < 4.78 is 0. The first-order valence-corrected chi connectivity index (χ1v) is 8.28. The number of likely N-dealkylation sites (tertiary alicyclic amines) is 1. The maximum atomic E-state index is 12.7. The summed E-state index contributed by atoms with van der Waals surface area (Å²) in [5.41, 5.74) is 1.05. The van der Waals surface area contributed by atoms with Crippen LogP contribution in [-0.4, -0.2) is 29.8 Å². The largest absolute Gasteiger partial charge is 0.353 e. The van der Waals surface area contributed by atoms with Gasteiger partial charge < -0.3 is 10.2 Å². The number of amides is 2. The predicted molar refractivity (Wildman–Crippen MR) is 85.1 cm³/mol. The molecule has 1 heterocycles. The minimum Gasteiger partial charge on any atom is -0.353 e. The van der Waals surface area contributed by atoms with Crippen LogP contribution in [-0.2, 0) is 9.59 Å². The number of hydrogen-bond acceptors (Lipinski definition) is 2. The predicted octanol–water partition coefficient (Wildman–Crippen LogP) is 2.65. The first-order valence-electron chi connectivity index (χ1n) is 8.28. The van der Waals surface area contributed by atoms with E-state index in [-0.39, 0.29) is 23.8 Å². The van der Waals surface area contributed by atoms with Crippen LogP contribution in [0.3, 0.4) is 0 Å². The van der Waals surface area contributed by atoms with E-state index in [1.165, 1.54) is 12.8 Å². The quantitative estimate of drug-likeness (QED) is 0.933. The summed E-state index contributed by atoms with van der Waals surface area (Å²) >= 11 is 0. The van der Waals surface area contributed by atoms with Crippen molar-refractivity contribution in [3.05, 3.63) is 35.9 Å². The lowest BCUT2D eigenvalue weighted by Crippen LogP contribution is -2.48. The minimum atomic E-state index is -0.149. The van der Waals surface area contributed by atoms with Gasteiger partial charge in [0.05, 0.1) is 12.0 Å². The van der Waals surface area contributed by atoms with E-state index in [4.69, 9.17) is 0 Å². The van der Waals surface area contributed by atoms with Crippen LogP contribution in [0.1, 0.15) is 50.1 Å². The zero-order valence-electron chi connectivity index (χ0n) is 13.1. The highest BCUT2D eigenvalue weighted by molar-refractivity contribution is 5.85. The Morgan fingerprint density at radius 3 is 2.50 bits per heavy atom. The molecule has 0 unspecified atom stereocenters. The first kappa shape index (κ1) is 15.1. The lowest BCUT2D eigenvalue weighted by atomic mass is 9.84. The average Bonchev–Trinajstić information content (AvgIpc) is 3.03. The van der Waals surface area contributed by atoms with E-state index >= 15 is 0 Å². The zero-order chi connectivity index (χ0) is 15.5. The number of carbonyl (C=O) groups is 2. The van der Waals surface area contributed by atoms with Crippen LogP contribution in [0, 0.1) is 5.92 Å². The number of nitrogens with one attached hydrogen (secondary N) is 1. The van der Waals surface area contributed by atoms with E-state index in [0.29, 0.717) is 18.9 Å². The second-order valence-electron chi connectivity index (χ2n) is 6.50. The van der Waals surface area contributed by atoms with E-state index in [9.17, 15) is 9.59 Å². The van der Waals surface area contributed by atoms with Crippen LogP contribution in [0.25, 0.3) is 0 Å². The van der Waals surface area contributed by atoms with Crippen molar-refractivity contribution < 1.29 is 9.59 Å². The maximum Gasteiger partial charge on any atom is 0.225 e. The Bertz CT molecular complexity index is 537. The third-order valence-corrected chi connectivity index (χ3v) is 5.04. The standard InChI is InChI=1S/C18H24N2O2/c1-20-16(21)12-11-15(17(20)13-7-3-2-4-8-13)18(22)19-14-9-5-6-10-14/h2-4,7-8,14-15,17H,5-6,9-12H2,1H3,(H,19,22)/t15-,17+/m0/s1. The van der Waals surface area contributed by atoms with E-state index in [2.05, 4.69) is 5.32 Å². The number of carbonyl (C=O) groups excluding carboxylic acids is 2. The van der Waals surface area contributed by atoms with Gasteiger partial charge in [-0.3, -0.25) is 9.59 Å². The van der Waals surface area contributed by atoms with Gasteiger partial charge in [-0.05, 0) is 24.8 Å². The highest BCUT2D eigenvalue weighted by Crippen LogP contribution is 2.36. The molecule has 2 atom stereocenters. The van der Waals surface area contributed by atoms with Crippen molar-refractivity contribution >= 4 is 11.8 Å². The SMILES string of the molecule is CN1C(=O)CC[C@H](C(=O)NC2CCCC2)[C@H]1c1ccccc1. The highest BCUT2D eigenvalue weighted by Gasteiger charge is 2.39. The number of hydrogen-bond donors (Lipinski definition) is 1. The van der Waals surface area contributed by atoms with Crippen LogP contribution in [0.15, 0.2) is 30.3 Å². The molecule has 4 heteroatoms. The van der Waals surface area contributed by atoms with Crippen molar-refractivity contribution in [2.45, 2.75) is 50.6 Å². The number of nitrogens with zero attached hydrogens (tertiary/aromatic N) is 1. The molecule has 1 aliphatic heterocycles. The molecule has 0 spiro atoms. The smallest absolute Gasteiger partial charge is 0.225 e. The van der Waals surface area contributed by atoms with Crippen LogP contribution in [0.5, 0.6) is 0 Å². The molecule has 0 aromatic heterocycles. The van der Waals surface area contributed by atoms with Gasteiger partial charge in [-0.15, -0.1) is 0 Å².